The Morgan fingerprint density at radius 3 is 2.81 bits per heavy atom. The minimum absolute atomic E-state index is 0.145. The lowest BCUT2D eigenvalue weighted by atomic mass is 9.86. The third kappa shape index (κ3) is 2.89. The molecule has 0 aromatic heterocycles. The SMILES string of the molecule is O=C(C[C@H]1C[C@H]2CC[C@@H]1C2)Nc1ccc(F)c([N+](=O)[O-])c1. The summed E-state index contributed by atoms with van der Waals surface area (Å²) in [6, 6.07) is 3.42. The van der Waals surface area contributed by atoms with E-state index in [1.807, 2.05) is 0 Å². The van der Waals surface area contributed by atoms with Crippen LogP contribution < -0.4 is 5.32 Å². The molecule has 21 heavy (non-hydrogen) atoms. The summed E-state index contributed by atoms with van der Waals surface area (Å²) in [7, 11) is 0. The molecule has 0 heterocycles. The van der Waals surface area contributed by atoms with Crippen LogP contribution in [0.15, 0.2) is 18.2 Å². The molecule has 1 aromatic rings. The number of benzene rings is 1. The van der Waals surface area contributed by atoms with Crippen LogP contribution in [-0.2, 0) is 4.79 Å². The van der Waals surface area contributed by atoms with E-state index in [1.54, 1.807) is 0 Å². The maximum absolute atomic E-state index is 13.2. The lowest BCUT2D eigenvalue weighted by Gasteiger charge is -2.20. The van der Waals surface area contributed by atoms with Crippen LogP contribution in [0.3, 0.4) is 0 Å². The molecule has 1 aromatic carbocycles. The highest BCUT2D eigenvalue weighted by molar-refractivity contribution is 5.91. The van der Waals surface area contributed by atoms with Crippen molar-refractivity contribution in [1.82, 2.24) is 0 Å². The first-order valence-electron chi connectivity index (χ1n) is 7.26. The second-order valence-corrected chi connectivity index (χ2v) is 6.11. The van der Waals surface area contributed by atoms with Gasteiger partial charge >= 0.3 is 5.69 Å². The first-order chi connectivity index (χ1) is 10.0. The van der Waals surface area contributed by atoms with E-state index in [0.29, 0.717) is 18.3 Å². The molecule has 0 aliphatic heterocycles. The predicted octanol–water partition coefficient (Wildman–Crippen LogP) is 3.50. The molecule has 2 fully saturated rings. The van der Waals surface area contributed by atoms with Gasteiger partial charge in [-0.15, -0.1) is 0 Å². The molecule has 0 spiro atoms. The molecule has 0 saturated heterocycles. The van der Waals surface area contributed by atoms with Crippen molar-refractivity contribution in [3.05, 3.63) is 34.1 Å². The molecule has 2 bridgehead atoms. The summed E-state index contributed by atoms with van der Waals surface area (Å²) in [6.45, 7) is 0. The molecule has 2 saturated carbocycles. The van der Waals surface area contributed by atoms with Gasteiger partial charge in [-0.1, -0.05) is 6.42 Å². The second kappa shape index (κ2) is 5.42. The van der Waals surface area contributed by atoms with Crippen LogP contribution in [0.1, 0.15) is 32.1 Å². The van der Waals surface area contributed by atoms with E-state index in [2.05, 4.69) is 5.32 Å². The number of nitrogens with zero attached hydrogens (tertiary/aromatic N) is 1. The van der Waals surface area contributed by atoms with Crippen LogP contribution in [0, 0.1) is 33.7 Å². The Morgan fingerprint density at radius 2 is 2.19 bits per heavy atom. The fourth-order valence-electron chi connectivity index (χ4n) is 3.81. The zero-order chi connectivity index (χ0) is 15.0. The monoisotopic (exact) mass is 292 g/mol. The normalized spacial score (nSPS) is 26.8. The van der Waals surface area contributed by atoms with E-state index in [1.165, 1.54) is 25.3 Å². The van der Waals surface area contributed by atoms with Gasteiger partial charge in [-0.3, -0.25) is 14.9 Å². The largest absolute Gasteiger partial charge is 0.326 e. The van der Waals surface area contributed by atoms with E-state index in [-0.39, 0.29) is 11.6 Å². The van der Waals surface area contributed by atoms with E-state index in [4.69, 9.17) is 0 Å². The summed E-state index contributed by atoms with van der Waals surface area (Å²) >= 11 is 0. The zero-order valence-electron chi connectivity index (χ0n) is 11.5. The van der Waals surface area contributed by atoms with Crippen LogP contribution in [0.5, 0.6) is 0 Å². The Kier molecular flexibility index (Phi) is 3.61. The van der Waals surface area contributed by atoms with Crippen molar-refractivity contribution in [3.8, 4) is 0 Å². The standard InChI is InChI=1S/C15H17FN2O3/c16-13-4-3-12(8-14(13)18(20)21)17-15(19)7-11-6-9-1-2-10(11)5-9/h3-4,8-11H,1-2,5-7H2,(H,17,19)/t9-,10+,11+/m0/s1. The van der Waals surface area contributed by atoms with E-state index in [9.17, 15) is 19.3 Å². The van der Waals surface area contributed by atoms with E-state index >= 15 is 0 Å². The summed E-state index contributed by atoms with van der Waals surface area (Å²) in [5.74, 6) is 0.821. The number of halogens is 1. The van der Waals surface area contributed by atoms with Crippen molar-refractivity contribution >= 4 is 17.3 Å². The number of anilines is 1. The highest BCUT2D eigenvalue weighted by atomic mass is 19.1. The Hall–Kier alpha value is -1.98. The fraction of sp³-hybridized carbons (Fsp3) is 0.533. The first-order valence-corrected chi connectivity index (χ1v) is 7.26. The second-order valence-electron chi connectivity index (χ2n) is 6.11. The van der Waals surface area contributed by atoms with Gasteiger partial charge in [0.05, 0.1) is 4.92 Å². The van der Waals surface area contributed by atoms with Gasteiger partial charge in [-0.25, -0.2) is 0 Å². The lowest BCUT2D eigenvalue weighted by molar-refractivity contribution is -0.387. The van der Waals surface area contributed by atoms with E-state index in [0.717, 1.165) is 24.5 Å². The number of nitro groups is 1. The van der Waals surface area contributed by atoms with Crippen LogP contribution in [0.2, 0.25) is 0 Å². The van der Waals surface area contributed by atoms with Crippen LogP contribution in [-0.4, -0.2) is 10.8 Å². The number of hydrogen-bond acceptors (Lipinski definition) is 3. The first kappa shape index (κ1) is 14.0. The molecule has 112 valence electrons. The number of hydrogen-bond donors (Lipinski definition) is 1. The number of nitro benzene ring substituents is 1. The molecule has 2 aliphatic rings. The van der Waals surface area contributed by atoms with Gasteiger partial charge in [0, 0.05) is 18.2 Å². The van der Waals surface area contributed by atoms with Crippen molar-refractivity contribution in [2.45, 2.75) is 32.1 Å². The van der Waals surface area contributed by atoms with Crippen molar-refractivity contribution in [1.29, 1.82) is 0 Å². The van der Waals surface area contributed by atoms with Gasteiger partial charge < -0.3 is 5.32 Å². The molecule has 3 atom stereocenters. The number of amides is 1. The van der Waals surface area contributed by atoms with Crippen molar-refractivity contribution in [2.75, 3.05) is 5.32 Å². The minimum Gasteiger partial charge on any atom is -0.326 e. The quantitative estimate of drug-likeness (QED) is 0.682. The van der Waals surface area contributed by atoms with Crippen molar-refractivity contribution in [3.63, 3.8) is 0 Å². The molecular formula is C15H17FN2O3. The van der Waals surface area contributed by atoms with Gasteiger partial charge in [0.2, 0.25) is 11.7 Å². The van der Waals surface area contributed by atoms with Gasteiger partial charge in [-0.2, -0.15) is 4.39 Å². The maximum atomic E-state index is 13.2. The Bertz CT molecular complexity index is 590. The molecule has 6 heteroatoms. The van der Waals surface area contributed by atoms with Crippen LogP contribution >= 0.6 is 0 Å². The third-order valence-corrected chi connectivity index (χ3v) is 4.76. The van der Waals surface area contributed by atoms with E-state index < -0.39 is 16.4 Å². The average molecular weight is 292 g/mol. The zero-order valence-corrected chi connectivity index (χ0v) is 11.5. The number of nitrogens with one attached hydrogen (secondary N) is 1. The molecular weight excluding hydrogens is 275 g/mol. The Balaban J connectivity index is 1.62. The maximum Gasteiger partial charge on any atom is 0.306 e. The molecule has 2 aliphatic carbocycles. The summed E-state index contributed by atoms with van der Waals surface area (Å²) in [6.07, 6.45) is 5.30. The van der Waals surface area contributed by atoms with Crippen molar-refractivity contribution < 1.29 is 14.1 Å². The molecule has 3 rings (SSSR count). The molecule has 0 radical (unpaired) electrons. The predicted molar refractivity (Wildman–Crippen MR) is 75.2 cm³/mol. The topological polar surface area (TPSA) is 72.2 Å². The van der Waals surface area contributed by atoms with Gasteiger partial charge in [-0.05, 0) is 49.1 Å². The fourth-order valence-corrected chi connectivity index (χ4v) is 3.81. The van der Waals surface area contributed by atoms with Gasteiger partial charge in [0.1, 0.15) is 0 Å². The molecule has 1 N–H and O–H groups in total. The van der Waals surface area contributed by atoms with Gasteiger partial charge in [0.15, 0.2) is 0 Å². The highest BCUT2D eigenvalue weighted by Crippen LogP contribution is 2.49. The third-order valence-electron chi connectivity index (χ3n) is 4.76. The van der Waals surface area contributed by atoms with Crippen LogP contribution in [0.25, 0.3) is 0 Å². The number of carbonyl (C=O) groups excluding carboxylic acids is 1. The number of fused-ring (bicyclic) bond motifs is 2. The Labute approximate surface area is 121 Å². The summed E-state index contributed by atoms with van der Waals surface area (Å²) < 4.78 is 13.2. The molecule has 1 amide bonds. The minimum atomic E-state index is -0.897. The smallest absolute Gasteiger partial charge is 0.306 e. The number of carbonyl (C=O) groups is 1. The van der Waals surface area contributed by atoms with Gasteiger partial charge in [0.25, 0.3) is 0 Å². The summed E-state index contributed by atoms with van der Waals surface area (Å²) in [5.41, 5.74) is -0.344. The Morgan fingerprint density at radius 1 is 1.38 bits per heavy atom. The average Bonchev–Trinajstić information content (AvgIpc) is 3.03. The summed E-state index contributed by atoms with van der Waals surface area (Å²) in [5, 5.41) is 13.3. The molecule has 0 unspecified atom stereocenters. The highest BCUT2D eigenvalue weighted by Gasteiger charge is 2.40. The summed E-state index contributed by atoms with van der Waals surface area (Å²) in [4.78, 5) is 21.9. The number of rotatable bonds is 4. The molecule has 5 nitrogen and oxygen atoms in total. The van der Waals surface area contributed by atoms with Crippen molar-refractivity contribution in [2.24, 2.45) is 17.8 Å². The lowest BCUT2D eigenvalue weighted by Crippen LogP contribution is -2.20. The van der Waals surface area contributed by atoms with Crippen LogP contribution in [0.4, 0.5) is 15.8 Å².